The Morgan fingerprint density at radius 3 is 2.60 bits per heavy atom. The van der Waals surface area contributed by atoms with Crippen LogP contribution in [-0.2, 0) is 0 Å². The van der Waals surface area contributed by atoms with Crippen LogP contribution in [0.5, 0.6) is 0 Å². The van der Waals surface area contributed by atoms with Crippen molar-refractivity contribution in [2.75, 3.05) is 11.5 Å². The van der Waals surface area contributed by atoms with Crippen LogP contribution in [0.4, 0.5) is 0 Å². The maximum atomic E-state index is 3.65. The Morgan fingerprint density at radius 1 is 1.40 bits per heavy atom. The molecular formula is C7H14S3. The van der Waals surface area contributed by atoms with Gasteiger partial charge in [-0.05, 0) is 15.7 Å². The fourth-order valence-electron chi connectivity index (χ4n) is 0.274. The molecule has 3 heteroatoms. The largest absolute Gasteiger partial charge is 0.102 e. The highest BCUT2D eigenvalue weighted by Crippen LogP contribution is 2.35. The van der Waals surface area contributed by atoms with Crippen LogP contribution < -0.4 is 0 Å². The quantitative estimate of drug-likeness (QED) is 0.358. The Labute approximate surface area is 75.4 Å². The first-order chi connectivity index (χ1) is 4.77. The molecule has 0 aromatic rings. The summed E-state index contributed by atoms with van der Waals surface area (Å²) in [6.45, 7) is 8.13. The fourth-order valence-corrected chi connectivity index (χ4v) is 4.08. The van der Waals surface area contributed by atoms with E-state index in [1.165, 1.54) is 5.75 Å². The SMILES string of the molecule is C=CCSSSCC(C)C. The van der Waals surface area contributed by atoms with Crippen molar-refractivity contribution in [3.63, 3.8) is 0 Å². The molecule has 0 amide bonds. The summed E-state index contributed by atoms with van der Waals surface area (Å²) in [5.41, 5.74) is 0. The summed E-state index contributed by atoms with van der Waals surface area (Å²) < 4.78 is 0. The van der Waals surface area contributed by atoms with Crippen molar-refractivity contribution in [2.24, 2.45) is 5.92 Å². The van der Waals surface area contributed by atoms with Gasteiger partial charge in [-0.2, -0.15) is 0 Å². The molecule has 60 valence electrons. The van der Waals surface area contributed by atoms with Crippen molar-refractivity contribution in [3.8, 4) is 0 Å². The molecule has 0 aromatic carbocycles. The summed E-state index contributed by atoms with van der Waals surface area (Å²) in [4.78, 5) is 0. The summed E-state index contributed by atoms with van der Waals surface area (Å²) in [6, 6.07) is 0. The second kappa shape index (κ2) is 7.89. The topological polar surface area (TPSA) is 0 Å². The fraction of sp³-hybridized carbons (Fsp3) is 0.714. The first kappa shape index (κ1) is 10.8. The number of hydrogen-bond donors (Lipinski definition) is 0. The highest BCUT2D eigenvalue weighted by Gasteiger charge is 1.93. The summed E-state index contributed by atoms with van der Waals surface area (Å²) in [7, 11) is 5.66. The third-order valence-electron chi connectivity index (χ3n) is 0.683. The Kier molecular flexibility index (Phi) is 8.52. The van der Waals surface area contributed by atoms with E-state index in [0.29, 0.717) is 0 Å². The summed E-state index contributed by atoms with van der Waals surface area (Å²) >= 11 is 0. The smallest absolute Gasteiger partial charge is 0.0223 e. The van der Waals surface area contributed by atoms with E-state index in [9.17, 15) is 0 Å². The zero-order valence-electron chi connectivity index (χ0n) is 6.50. The standard InChI is InChI=1S/C7H14S3/c1-4-5-8-10-9-6-7(2)3/h4,7H,1,5-6H2,2-3H3. The number of rotatable bonds is 6. The molecule has 0 aliphatic carbocycles. The van der Waals surface area contributed by atoms with Gasteiger partial charge >= 0.3 is 0 Å². The van der Waals surface area contributed by atoms with Gasteiger partial charge in [0.2, 0.25) is 0 Å². The highest BCUT2D eigenvalue weighted by molar-refractivity contribution is 9.09. The molecule has 0 radical (unpaired) electrons. The van der Waals surface area contributed by atoms with Crippen LogP contribution in [0.1, 0.15) is 13.8 Å². The van der Waals surface area contributed by atoms with Crippen LogP contribution in [0.2, 0.25) is 0 Å². The van der Waals surface area contributed by atoms with Crippen LogP contribution >= 0.6 is 31.4 Å². The lowest BCUT2D eigenvalue weighted by atomic mass is 10.3. The maximum Gasteiger partial charge on any atom is 0.0223 e. The van der Waals surface area contributed by atoms with Crippen molar-refractivity contribution in [3.05, 3.63) is 12.7 Å². The van der Waals surface area contributed by atoms with Gasteiger partial charge in [-0.1, -0.05) is 41.5 Å². The lowest BCUT2D eigenvalue weighted by molar-refractivity contribution is 0.752. The first-order valence-electron chi connectivity index (χ1n) is 3.29. The average Bonchev–Trinajstić information content (AvgIpc) is 1.87. The van der Waals surface area contributed by atoms with Gasteiger partial charge in [0.15, 0.2) is 0 Å². The molecule has 0 saturated heterocycles. The molecule has 0 N–H and O–H groups in total. The van der Waals surface area contributed by atoms with E-state index in [-0.39, 0.29) is 0 Å². The van der Waals surface area contributed by atoms with Crippen LogP contribution in [-0.4, -0.2) is 11.5 Å². The average molecular weight is 194 g/mol. The predicted octanol–water partition coefficient (Wildman–Crippen LogP) is 3.86. The molecule has 0 aromatic heterocycles. The lowest BCUT2D eigenvalue weighted by Gasteiger charge is -2.00. The van der Waals surface area contributed by atoms with Crippen molar-refractivity contribution in [2.45, 2.75) is 13.8 Å². The van der Waals surface area contributed by atoms with E-state index in [2.05, 4.69) is 20.4 Å². The van der Waals surface area contributed by atoms with E-state index in [1.807, 2.05) is 37.5 Å². The summed E-state index contributed by atoms with van der Waals surface area (Å²) in [5, 5.41) is 0. The Balaban J connectivity index is 2.83. The third kappa shape index (κ3) is 8.79. The van der Waals surface area contributed by atoms with E-state index in [0.717, 1.165) is 11.7 Å². The molecule has 0 saturated carbocycles. The van der Waals surface area contributed by atoms with Crippen LogP contribution in [0.15, 0.2) is 12.7 Å². The molecule has 0 rings (SSSR count). The van der Waals surface area contributed by atoms with Gasteiger partial charge < -0.3 is 0 Å². The molecule has 10 heavy (non-hydrogen) atoms. The van der Waals surface area contributed by atoms with Crippen LogP contribution in [0.25, 0.3) is 0 Å². The van der Waals surface area contributed by atoms with Crippen molar-refractivity contribution < 1.29 is 0 Å². The van der Waals surface area contributed by atoms with Gasteiger partial charge in [-0.15, -0.1) is 6.58 Å². The van der Waals surface area contributed by atoms with Gasteiger partial charge in [0, 0.05) is 11.5 Å². The highest BCUT2D eigenvalue weighted by atomic mass is 33.5. The van der Waals surface area contributed by atoms with Crippen LogP contribution in [0, 0.1) is 5.92 Å². The predicted molar refractivity (Wildman–Crippen MR) is 57.5 cm³/mol. The molecule has 0 nitrogen and oxygen atoms in total. The summed E-state index contributed by atoms with van der Waals surface area (Å²) in [5.74, 6) is 3.10. The third-order valence-corrected chi connectivity index (χ3v) is 5.18. The molecule has 0 heterocycles. The molecule has 0 spiro atoms. The normalized spacial score (nSPS) is 10.3. The minimum absolute atomic E-state index is 0.807. The monoisotopic (exact) mass is 194 g/mol. The van der Waals surface area contributed by atoms with E-state index in [1.54, 1.807) is 0 Å². The second-order valence-corrected chi connectivity index (χ2v) is 6.64. The molecule has 0 aliphatic heterocycles. The lowest BCUT2D eigenvalue weighted by Crippen LogP contribution is -1.86. The molecular weight excluding hydrogens is 180 g/mol. The maximum absolute atomic E-state index is 3.65. The van der Waals surface area contributed by atoms with E-state index < -0.39 is 0 Å². The Morgan fingerprint density at radius 2 is 2.10 bits per heavy atom. The van der Waals surface area contributed by atoms with Crippen molar-refractivity contribution in [1.29, 1.82) is 0 Å². The zero-order valence-corrected chi connectivity index (χ0v) is 8.95. The molecule has 0 bridgehead atoms. The second-order valence-electron chi connectivity index (χ2n) is 2.32. The van der Waals surface area contributed by atoms with Crippen LogP contribution in [0.3, 0.4) is 0 Å². The molecule has 0 atom stereocenters. The van der Waals surface area contributed by atoms with Gasteiger partial charge in [0.05, 0.1) is 0 Å². The van der Waals surface area contributed by atoms with Gasteiger partial charge in [-0.25, -0.2) is 0 Å². The minimum atomic E-state index is 0.807. The van der Waals surface area contributed by atoms with E-state index in [4.69, 9.17) is 0 Å². The van der Waals surface area contributed by atoms with E-state index >= 15 is 0 Å². The van der Waals surface area contributed by atoms with Gasteiger partial charge in [-0.3, -0.25) is 0 Å². The number of hydrogen-bond acceptors (Lipinski definition) is 3. The molecule has 0 unspecified atom stereocenters. The van der Waals surface area contributed by atoms with Gasteiger partial charge in [0.1, 0.15) is 0 Å². The summed E-state index contributed by atoms with van der Waals surface area (Å²) in [6.07, 6.45) is 1.94. The zero-order chi connectivity index (χ0) is 7.82. The Hall–Kier alpha value is 0.790. The minimum Gasteiger partial charge on any atom is -0.102 e. The van der Waals surface area contributed by atoms with Crippen molar-refractivity contribution in [1.82, 2.24) is 0 Å². The van der Waals surface area contributed by atoms with Gasteiger partial charge in [0.25, 0.3) is 0 Å². The molecule has 0 aliphatic rings. The molecule has 0 fully saturated rings. The van der Waals surface area contributed by atoms with Crippen molar-refractivity contribution >= 4 is 31.4 Å². The Bertz CT molecular complexity index is 80.9. The first-order valence-corrected chi connectivity index (χ1v) is 7.11.